The maximum Gasteiger partial charge on any atom is 0.270 e. The molecular formula is C21H21FN4O. The molecule has 1 N–H and O–H groups in total. The Balaban J connectivity index is 1.86. The summed E-state index contributed by atoms with van der Waals surface area (Å²) in [7, 11) is 3.89. The molecule has 0 aliphatic heterocycles. The molecule has 0 bridgehead atoms. The minimum absolute atomic E-state index is 0.184. The Bertz CT molecular complexity index is 986. The molecule has 27 heavy (non-hydrogen) atoms. The molecule has 0 spiro atoms. The molecule has 0 atom stereocenters. The van der Waals surface area contributed by atoms with Crippen LogP contribution >= 0.6 is 0 Å². The number of hydrogen-bond donors (Lipinski definition) is 1. The minimum atomic E-state index is -0.352. The van der Waals surface area contributed by atoms with Gasteiger partial charge in [0.1, 0.15) is 11.5 Å². The third-order valence-corrected chi connectivity index (χ3v) is 4.40. The largest absolute Gasteiger partial charge is 0.350 e. The second-order valence-electron chi connectivity index (χ2n) is 6.72. The van der Waals surface area contributed by atoms with E-state index < -0.39 is 0 Å². The molecule has 0 unspecified atom stereocenters. The Kier molecular flexibility index (Phi) is 5.53. The fourth-order valence-corrected chi connectivity index (χ4v) is 2.88. The van der Waals surface area contributed by atoms with E-state index in [1.807, 2.05) is 31.1 Å². The average Bonchev–Trinajstić information content (AvgIpc) is 3.10. The number of fused-ring (bicyclic) bond motifs is 1. The van der Waals surface area contributed by atoms with Crippen molar-refractivity contribution in [1.29, 1.82) is 5.26 Å². The summed E-state index contributed by atoms with van der Waals surface area (Å²) in [5.41, 5.74) is 2.48. The van der Waals surface area contributed by atoms with Gasteiger partial charge in [0.25, 0.3) is 5.91 Å². The van der Waals surface area contributed by atoms with Crippen molar-refractivity contribution in [3.8, 4) is 6.07 Å². The molecular weight excluding hydrogens is 343 g/mol. The lowest BCUT2D eigenvalue weighted by Gasteiger charge is -2.24. The highest BCUT2D eigenvalue weighted by Crippen LogP contribution is 2.20. The molecule has 0 saturated heterocycles. The van der Waals surface area contributed by atoms with Gasteiger partial charge in [-0.05, 0) is 50.0 Å². The second-order valence-corrected chi connectivity index (χ2v) is 6.72. The first-order valence-electron chi connectivity index (χ1n) is 8.68. The van der Waals surface area contributed by atoms with E-state index in [-0.39, 0.29) is 11.7 Å². The van der Waals surface area contributed by atoms with Crippen molar-refractivity contribution in [2.75, 3.05) is 27.2 Å². The van der Waals surface area contributed by atoms with Crippen molar-refractivity contribution < 1.29 is 9.18 Å². The van der Waals surface area contributed by atoms with E-state index in [4.69, 9.17) is 5.26 Å². The van der Waals surface area contributed by atoms with Crippen LogP contribution in [0.15, 0.2) is 48.5 Å². The van der Waals surface area contributed by atoms with Crippen LogP contribution in [0.1, 0.15) is 21.6 Å². The highest BCUT2D eigenvalue weighted by atomic mass is 19.1. The van der Waals surface area contributed by atoms with Gasteiger partial charge in [0, 0.05) is 30.5 Å². The molecule has 6 heteroatoms. The van der Waals surface area contributed by atoms with E-state index in [0.717, 1.165) is 5.56 Å². The van der Waals surface area contributed by atoms with Gasteiger partial charge in [-0.25, -0.2) is 4.39 Å². The fraction of sp³-hybridized carbons (Fsp3) is 0.238. The van der Waals surface area contributed by atoms with Crippen LogP contribution in [-0.2, 0) is 6.54 Å². The number of benzene rings is 2. The number of nitrogens with one attached hydrogen (secondary N) is 1. The molecule has 1 amide bonds. The van der Waals surface area contributed by atoms with E-state index in [9.17, 15) is 9.18 Å². The Hall–Kier alpha value is -3.17. The van der Waals surface area contributed by atoms with Gasteiger partial charge >= 0.3 is 0 Å². The zero-order valence-corrected chi connectivity index (χ0v) is 15.4. The fourth-order valence-electron chi connectivity index (χ4n) is 2.88. The lowest BCUT2D eigenvalue weighted by molar-refractivity contribution is 0.0727. The van der Waals surface area contributed by atoms with Crippen molar-refractivity contribution in [2.24, 2.45) is 0 Å². The highest BCUT2D eigenvalue weighted by molar-refractivity contribution is 5.98. The molecule has 0 saturated carbocycles. The van der Waals surface area contributed by atoms with Crippen molar-refractivity contribution in [2.45, 2.75) is 6.54 Å². The number of likely N-dealkylation sites (N-methyl/N-ethyl adjacent to an activating group) is 1. The quantitative estimate of drug-likeness (QED) is 0.729. The lowest BCUT2D eigenvalue weighted by Crippen LogP contribution is -2.36. The Labute approximate surface area is 157 Å². The normalized spacial score (nSPS) is 10.9. The first-order chi connectivity index (χ1) is 13.0. The number of carbonyl (C=O) groups is 1. The number of hydrogen-bond acceptors (Lipinski definition) is 3. The number of rotatable bonds is 6. The SMILES string of the molecule is CN(C)CCN(Cc1ccc(C#N)cc1)C(=O)c1cc2c(F)cccc2[nH]1. The number of nitrogens with zero attached hydrogens (tertiary/aromatic N) is 3. The lowest BCUT2D eigenvalue weighted by atomic mass is 10.1. The summed E-state index contributed by atoms with van der Waals surface area (Å²) in [4.78, 5) is 19.8. The number of H-pyrrole nitrogens is 1. The van der Waals surface area contributed by atoms with Crippen molar-refractivity contribution in [3.63, 3.8) is 0 Å². The molecule has 138 valence electrons. The second kappa shape index (κ2) is 8.02. The molecule has 2 aromatic carbocycles. The van der Waals surface area contributed by atoms with Gasteiger partial charge in [0.15, 0.2) is 0 Å². The van der Waals surface area contributed by atoms with Crippen molar-refractivity contribution in [3.05, 3.63) is 71.2 Å². The van der Waals surface area contributed by atoms with Gasteiger partial charge in [-0.1, -0.05) is 18.2 Å². The third-order valence-electron chi connectivity index (χ3n) is 4.40. The number of carbonyl (C=O) groups excluding carboxylic acids is 1. The first-order valence-corrected chi connectivity index (χ1v) is 8.68. The number of nitriles is 1. The standard InChI is InChI=1S/C21H21FN4O/c1-25(2)10-11-26(14-16-8-6-15(13-23)7-9-16)21(27)20-12-17-18(22)4-3-5-19(17)24-20/h3-9,12,24H,10-11,14H2,1-2H3. The Morgan fingerprint density at radius 3 is 2.52 bits per heavy atom. The monoisotopic (exact) mass is 364 g/mol. The predicted molar refractivity (Wildman–Crippen MR) is 103 cm³/mol. The van der Waals surface area contributed by atoms with Crippen LogP contribution in [0.3, 0.4) is 0 Å². The topological polar surface area (TPSA) is 63.1 Å². The van der Waals surface area contributed by atoms with Crippen molar-refractivity contribution in [1.82, 2.24) is 14.8 Å². The van der Waals surface area contributed by atoms with Gasteiger partial charge in [0.2, 0.25) is 0 Å². The van der Waals surface area contributed by atoms with Gasteiger partial charge < -0.3 is 14.8 Å². The smallest absolute Gasteiger partial charge is 0.270 e. The molecule has 0 aliphatic carbocycles. The zero-order chi connectivity index (χ0) is 19.4. The van der Waals surface area contributed by atoms with E-state index in [1.54, 1.807) is 35.2 Å². The van der Waals surface area contributed by atoms with Gasteiger partial charge in [-0.2, -0.15) is 5.26 Å². The summed E-state index contributed by atoms with van der Waals surface area (Å²) < 4.78 is 14.0. The van der Waals surface area contributed by atoms with Crippen LogP contribution < -0.4 is 0 Å². The molecule has 3 aromatic rings. The number of amides is 1. The maximum atomic E-state index is 14.0. The molecule has 1 aromatic heterocycles. The van der Waals surface area contributed by atoms with Crippen LogP contribution in [0.25, 0.3) is 10.9 Å². The van der Waals surface area contributed by atoms with Gasteiger partial charge in [0.05, 0.1) is 11.6 Å². The van der Waals surface area contributed by atoms with E-state index in [0.29, 0.717) is 41.8 Å². The summed E-state index contributed by atoms with van der Waals surface area (Å²) in [5.74, 6) is -0.536. The summed E-state index contributed by atoms with van der Waals surface area (Å²) in [6.07, 6.45) is 0. The predicted octanol–water partition coefficient (Wildman–Crippen LogP) is 3.38. The molecule has 0 radical (unpaired) electrons. The molecule has 5 nitrogen and oxygen atoms in total. The number of halogens is 1. The average molecular weight is 364 g/mol. The Morgan fingerprint density at radius 1 is 1.15 bits per heavy atom. The van der Waals surface area contributed by atoms with E-state index >= 15 is 0 Å². The minimum Gasteiger partial charge on any atom is -0.350 e. The Morgan fingerprint density at radius 2 is 1.89 bits per heavy atom. The molecule has 0 aliphatic rings. The van der Waals surface area contributed by atoms with Crippen LogP contribution in [0, 0.1) is 17.1 Å². The highest BCUT2D eigenvalue weighted by Gasteiger charge is 2.19. The van der Waals surface area contributed by atoms with Crippen molar-refractivity contribution >= 4 is 16.8 Å². The molecule has 0 fully saturated rings. The van der Waals surface area contributed by atoms with Crippen LogP contribution in [-0.4, -0.2) is 47.9 Å². The van der Waals surface area contributed by atoms with Crippen LogP contribution in [0.5, 0.6) is 0 Å². The summed E-state index contributed by atoms with van der Waals surface area (Å²) in [6.45, 7) is 1.65. The maximum absolute atomic E-state index is 14.0. The van der Waals surface area contributed by atoms with E-state index in [1.165, 1.54) is 6.07 Å². The molecule has 1 heterocycles. The van der Waals surface area contributed by atoms with Gasteiger partial charge in [-0.3, -0.25) is 4.79 Å². The van der Waals surface area contributed by atoms with E-state index in [2.05, 4.69) is 11.1 Å². The van der Waals surface area contributed by atoms with Gasteiger partial charge in [-0.15, -0.1) is 0 Å². The van der Waals surface area contributed by atoms with Crippen LogP contribution in [0.2, 0.25) is 0 Å². The number of aromatic amines is 1. The summed E-state index contributed by atoms with van der Waals surface area (Å²) >= 11 is 0. The van der Waals surface area contributed by atoms with Crippen LogP contribution in [0.4, 0.5) is 4.39 Å². The number of aromatic nitrogens is 1. The molecule has 3 rings (SSSR count). The zero-order valence-electron chi connectivity index (χ0n) is 15.4. The third kappa shape index (κ3) is 4.33. The first kappa shape index (κ1) is 18.6. The summed E-state index contributed by atoms with van der Waals surface area (Å²) in [5, 5.41) is 9.34. The summed E-state index contributed by atoms with van der Waals surface area (Å²) in [6, 6.07) is 15.6.